The molecule has 1 aliphatic carbocycles. The molecule has 1 aliphatic heterocycles. The van der Waals surface area contributed by atoms with Crippen molar-refractivity contribution in [3.8, 4) is 0 Å². The Morgan fingerprint density at radius 3 is 2.47 bits per heavy atom. The Morgan fingerprint density at radius 1 is 1.12 bits per heavy atom. The fourth-order valence-electron chi connectivity index (χ4n) is 2.97. The van der Waals surface area contributed by atoms with Crippen molar-refractivity contribution in [2.75, 3.05) is 6.54 Å². The molecule has 2 fully saturated rings. The molecule has 0 aromatic heterocycles. The lowest BCUT2D eigenvalue weighted by Gasteiger charge is -2.32. The van der Waals surface area contributed by atoms with Gasteiger partial charge in [-0.2, -0.15) is 0 Å². The minimum absolute atomic E-state index is 0.0397. The van der Waals surface area contributed by atoms with Crippen LogP contribution in [-0.2, 0) is 9.59 Å². The summed E-state index contributed by atoms with van der Waals surface area (Å²) in [6, 6.07) is -0.720. The smallest absolute Gasteiger partial charge is 0.326 e. The zero-order valence-electron chi connectivity index (χ0n) is 9.97. The normalized spacial score (nSPS) is 33.7. The minimum Gasteiger partial charge on any atom is -0.480 e. The van der Waals surface area contributed by atoms with Crippen molar-refractivity contribution in [3.63, 3.8) is 0 Å². The monoisotopic (exact) mass is 240 g/mol. The number of carbonyl (C=O) groups excluding carboxylic acids is 1. The first-order valence-corrected chi connectivity index (χ1v) is 6.40. The highest BCUT2D eigenvalue weighted by Crippen LogP contribution is 2.28. The summed E-state index contributed by atoms with van der Waals surface area (Å²) in [5.74, 6) is -1.09. The molecule has 2 rings (SSSR count). The molecule has 1 saturated carbocycles. The lowest BCUT2D eigenvalue weighted by Crippen LogP contribution is -2.49. The quantitative estimate of drug-likeness (QED) is 0.739. The molecule has 96 valence electrons. The second-order valence-corrected chi connectivity index (χ2v) is 5.08. The van der Waals surface area contributed by atoms with Gasteiger partial charge in [-0.15, -0.1) is 0 Å². The van der Waals surface area contributed by atoms with E-state index in [4.69, 9.17) is 10.8 Å². The molecule has 0 aromatic rings. The van der Waals surface area contributed by atoms with Crippen LogP contribution in [0.4, 0.5) is 0 Å². The van der Waals surface area contributed by atoms with Crippen molar-refractivity contribution in [3.05, 3.63) is 0 Å². The first kappa shape index (κ1) is 12.4. The molecule has 17 heavy (non-hydrogen) atoms. The number of rotatable bonds is 2. The minimum atomic E-state index is -0.889. The molecule has 2 unspecified atom stereocenters. The third kappa shape index (κ3) is 2.44. The lowest BCUT2D eigenvalue weighted by atomic mass is 9.84. The standard InChI is InChI=1S/C12H20N2O3/c13-9-5-2-1-4-8(9)11(15)14-7-3-6-10(14)12(16)17/h8-10H,1-7,13H2,(H,16,17)/t8?,9?,10-/m1/s1. The van der Waals surface area contributed by atoms with Crippen LogP contribution in [0.2, 0.25) is 0 Å². The van der Waals surface area contributed by atoms with Gasteiger partial charge in [-0.25, -0.2) is 4.79 Å². The highest BCUT2D eigenvalue weighted by Gasteiger charge is 2.39. The third-order valence-corrected chi connectivity index (χ3v) is 3.96. The van der Waals surface area contributed by atoms with Crippen LogP contribution in [0.1, 0.15) is 38.5 Å². The molecule has 5 nitrogen and oxygen atoms in total. The first-order chi connectivity index (χ1) is 8.11. The Kier molecular flexibility index (Phi) is 3.66. The summed E-state index contributed by atoms with van der Waals surface area (Å²) in [6.45, 7) is 0.568. The summed E-state index contributed by atoms with van der Waals surface area (Å²) in [6.07, 6.45) is 5.14. The van der Waals surface area contributed by atoms with E-state index in [0.29, 0.717) is 13.0 Å². The van der Waals surface area contributed by atoms with E-state index in [1.165, 1.54) is 4.90 Å². The number of nitrogens with two attached hydrogens (primary N) is 1. The van der Waals surface area contributed by atoms with E-state index < -0.39 is 12.0 Å². The number of amides is 1. The largest absolute Gasteiger partial charge is 0.480 e. The van der Waals surface area contributed by atoms with E-state index in [1.807, 2.05) is 0 Å². The number of carboxylic acids is 1. The van der Waals surface area contributed by atoms with Crippen LogP contribution < -0.4 is 5.73 Å². The zero-order valence-corrected chi connectivity index (χ0v) is 9.97. The molecule has 0 radical (unpaired) electrons. The van der Waals surface area contributed by atoms with Crippen LogP contribution in [0.25, 0.3) is 0 Å². The number of carboxylic acid groups (broad SMARTS) is 1. The summed E-state index contributed by atoms with van der Waals surface area (Å²) in [5, 5.41) is 9.07. The Morgan fingerprint density at radius 2 is 1.82 bits per heavy atom. The molecule has 3 atom stereocenters. The van der Waals surface area contributed by atoms with Gasteiger partial charge in [-0.3, -0.25) is 4.79 Å². The van der Waals surface area contributed by atoms with Crippen molar-refractivity contribution >= 4 is 11.9 Å². The van der Waals surface area contributed by atoms with Crippen LogP contribution in [0.5, 0.6) is 0 Å². The molecule has 1 saturated heterocycles. The topological polar surface area (TPSA) is 83.6 Å². The maximum Gasteiger partial charge on any atom is 0.326 e. The third-order valence-electron chi connectivity index (χ3n) is 3.96. The molecule has 2 aliphatic rings. The van der Waals surface area contributed by atoms with Crippen LogP contribution in [0.3, 0.4) is 0 Å². The number of nitrogens with zero attached hydrogens (tertiary/aromatic N) is 1. The Bertz CT molecular complexity index is 319. The molecular formula is C12H20N2O3. The van der Waals surface area contributed by atoms with Gasteiger partial charge < -0.3 is 15.7 Å². The number of likely N-dealkylation sites (tertiary alicyclic amines) is 1. The van der Waals surface area contributed by atoms with E-state index in [9.17, 15) is 9.59 Å². The molecule has 0 spiro atoms. The van der Waals surface area contributed by atoms with Gasteiger partial charge in [0.1, 0.15) is 6.04 Å². The van der Waals surface area contributed by atoms with Gasteiger partial charge in [0.15, 0.2) is 0 Å². The van der Waals surface area contributed by atoms with Gasteiger partial charge in [-0.1, -0.05) is 12.8 Å². The fourth-order valence-corrected chi connectivity index (χ4v) is 2.97. The Hall–Kier alpha value is -1.10. The summed E-state index contributed by atoms with van der Waals surface area (Å²) in [7, 11) is 0. The van der Waals surface area contributed by atoms with E-state index >= 15 is 0 Å². The van der Waals surface area contributed by atoms with Gasteiger partial charge in [-0.05, 0) is 25.7 Å². The SMILES string of the molecule is NC1CCCCC1C(=O)N1CCC[C@@H]1C(=O)O. The molecule has 5 heteroatoms. The number of hydrogen-bond donors (Lipinski definition) is 2. The zero-order chi connectivity index (χ0) is 12.4. The highest BCUT2D eigenvalue weighted by molar-refractivity contribution is 5.86. The predicted molar refractivity (Wildman–Crippen MR) is 62.3 cm³/mol. The van der Waals surface area contributed by atoms with Crippen LogP contribution >= 0.6 is 0 Å². The molecule has 0 aromatic carbocycles. The maximum absolute atomic E-state index is 12.3. The highest BCUT2D eigenvalue weighted by atomic mass is 16.4. The fraction of sp³-hybridized carbons (Fsp3) is 0.833. The van der Waals surface area contributed by atoms with Crippen LogP contribution in [0.15, 0.2) is 0 Å². The van der Waals surface area contributed by atoms with Gasteiger partial charge in [0.2, 0.25) is 5.91 Å². The molecule has 0 bridgehead atoms. The average molecular weight is 240 g/mol. The molecule has 3 N–H and O–H groups in total. The second-order valence-electron chi connectivity index (χ2n) is 5.08. The summed E-state index contributed by atoms with van der Waals surface area (Å²) in [4.78, 5) is 24.9. The number of carbonyl (C=O) groups is 2. The molecular weight excluding hydrogens is 220 g/mol. The first-order valence-electron chi connectivity index (χ1n) is 6.40. The van der Waals surface area contributed by atoms with Crippen molar-refractivity contribution in [2.45, 2.75) is 50.6 Å². The summed E-state index contributed by atoms with van der Waals surface area (Å²) >= 11 is 0. The van der Waals surface area contributed by atoms with Gasteiger partial charge in [0, 0.05) is 12.6 Å². The van der Waals surface area contributed by atoms with E-state index in [-0.39, 0.29) is 17.9 Å². The average Bonchev–Trinajstić information content (AvgIpc) is 2.77. The molecule has 1 heterocycles. The summed E-state index contributed by atoms with van der Waals surface area (Å²) in [5.41, 5.74) is 5.97. The van der Waals surface area contributed by atoms with Crippen LogP contribution in [-0.4, -0.2) is 40.5 Å². The van der Waals surface area contributed by atoms with Crippen molar-refractivity contribution < 1.29 is 14.7 Å². The van der Waals surface area contributed by atoms with Crippen molar-refractivity contribution in [1.29, 1.82) is 0 Å². The molecule has 1 amide bonds. The van der Waals surface area contributed by atoms with E-state index in [0.717, 1.165) is 32.1 Å². The van der Waals surface area contributed by atoms with Gasteiger partial charge in [0.05, 0.1) is 5.92 Å². The lowest BCUT2D eigenvalue weighted by molar-refractivity contribution is -0.150. The van der Waals surface area contributed by atoms with Gasteiger partial charge in [0.25, 0.3) is 0 Å². The Labute approximate surface area is 101 Å². The maximum atomic E-state index is 12.3. The van der Waals surface area contributed by atoms with Crippen molar-refractivity contribution in [2.24, 2.45) is 11.7 Å². The summed E-state index contributed by atoms with van der Waals surface area (Å²) < 4.78 is 0. The van der Waals surface area contributed by atoms with E-state index in [2.05, 4.69) is 0 Å². The predicted octanol–water partition coefficient (Wildman–Crippen LogP) is 0.579. The van der Waals surface area contributed by atoms with Crippen LogP contribution in [0, 0.1) is 5.92 Å². The number of aliphatic carboxylic acids is 1. The second kappa shape index (κ2) is 5.04. The van der Waals surface area contributed by atoms with Gasteiger partial charge >= 0.3 is 5.97 Å². The number of hydrogen-bond acceptors (Lipinski definition) is 3. The Balaban J connectivity index is 2.05. The van der Waals surface area contributed by atoms with E-state index in [1.54, 1.807) is 0 Å². The van der Waals surface area contributed by atoms with Crippen molar-refractivity contribution in [1.82, 2.24) is 4.90 Å².